The quantitative estimate of drug-likeness (QED) is 0.571. The van der Waals surface area contributed by atoms with Crippen LogP contribution in [0.2, 0.25) is 0 Å². The fourth-order valence-corrected chi connectivity index (χ4v) is 2.09. The van der Waals surface area contributed by atoms with Gasteiger partial charge in [0.1, 0.15) is 24.7 Å². The van der Waals surface area contributed by atoms with Gasteiger partial charge in [0.25, 0.3) is 5.91 Å². The van der Waals surface area contributed by atoms with Crippen molar-refractivity contribution in [3.05, 3.63) is 60.2 Å². The molecule has 0 aromatic heterocycles. The van der Waals surface area contributed by atoms with E-state index in [4.69, 9.17) is 9.47 Å². The van der Waals surface area contributed by atoms with Crippen molar-refractivity contribution in [2.75, 3.05) is 13.2 Å². The molecular formula is C19H22N2O4. The minimum atomic E-state index is -0.427. The number of hydrogen-bond donors (Lipinski definition) is 2. The van der Waals surface area contributed by atoms with Gasteiger partial charge in [-0.1, -0.05) is 37.3 Å². The third-order valence-corrected chi connectivity index (χ3v) is 3.28. The van der Waals surface area contributed by atoms with E-state index in [2.05, 4.69) is 10.9 Å². The van der Waals surface area contributed by atoms with E-state index in [1.807, 2.05) is 37.3 Å². The minimum absolute atomic E-state index is 0.231. The second-order valence-electron chi connectivity index (χ2n) is 5.26. The minimum Gasteiger partial charge on any atom is -0.490 e. The molecule has 0 fully saturated rings. The summed E-state index contributed by atoms with van der Waals surface area (Å²) < 4.78 is 11.2. The van der Waals surface area contributed by atoms with E-state index < -0.39 is 5.91 Å². The molecule has 0 saturated carbocycles. The summed E-state index contributed by atoms with van der Waals surface area (Å²) >= 11 is 0. The first kappa shape index (κ1) is 18.3. The molecule has 0 aliphatic rings. The van der Waals surface area contributed by atoms with Crippen LogP contribution in [0.15, 0.2) is 54.6 Å². The van der Waals surface area contributed by atoms with E-state index in [-0.39, 0.29) is 5.91 Å². The van der Waals surface area contributed by atoms with Crippen molar-refractivity contribution in [1.29, 1.82) is 0 Å². The van der Waals surface area contributed by atoms with E-state index >= 15 is 0 Å². The summed E-state index contributed by atoms with van der Waals surface area (Å²) in [5, 5.41) is 0. The molecule has 132 valence electrons. The van der Waals surface area contributed by atoms with Crippen LogP contribution in [0.25, 0.3) is 0 Å². The van der Waals surface area contributed by atoms with E-state index in [1.165, 1.54) is 0 Å². The SMILES string of the molecule is CCCC(=O)NNC(=O)c1ccccc1OCCOc1ccccc1. The predicted molar refractivity (Wildman–Crippen MR) is 94.4 cm³/mol. The van der Waals surface area contributed by atoms with Crippen molar-refractivity contribution >= 4 is 11.8 Å². The van der Waals surface area contributed by atoms with Crippen molar-refractivity contribution in [3.63, 3.8) is 0 Å². The number of carbonyl (C=O) groups excluding carboxylic acids is 2. The number of para-hydroxylation sites is 2. The van der Waals surface area contributed by atoms with Crippen molar-refractivity contribution < 1.29 is 19.1 Å². The van der Waals surface area contributed by atoms with E-state index in [0.717, 1.165) is 5.75 Å². The maximum Gasteiger partial charge on any atom is 0.273 e. The van der Waals surface area contributed by atoms with Crippen LogP contribution in [0.4, 0.5) is 0 Å². The maximum absolute atomic E-state index is 12.2. The second kappa shape index (κ2) is 9.97. The molecular weight excluding hydrogens is 320 g/mol. The van der Waals surface area contributed by atoms with Crippen LogP contribution in [-0.4, -0.2) is 25.0 Å². The predicted octanol–water partition coefficient (Wildman–Crippen LogP) is 2.71. The number of carbonyl (C=O) groups is 2. The van der Waals surface area contributed by atoms with Crippen LogP contribution in [-0.2, 0) is 4.79 Å². The lowest BCUT2D eigenvalue weighted by atomic mass is 10.2. The standard InChI is InChI=1S/C19H22N2O4/c1-2-8-18(22)20-21-19(23)16-11-6-7-12-17(16)25-14-13-24-15-9-4-3-5-10-15/h3-7,9-12H,2,8,13-14H2,1H3,(H,20,22)(H,21,23). The summed E-state index contributed by atoms with van der Waals surface area (Å²) in [7, 11) is 0. The zero-order valence-electron chi connectivity index (χ0n) is 14.2. The number of hydrazine groups is 1. The molecule has 0 aliphatic carbocycles. The average molecular weight is 342 g/mol. The van der Waals surface area contributed by atoms with Gasteiger partial charge in [0, 0.05) is 6.42 Å². The molecule has 2 N–H and O–H groups in total. The molecule has 0 atom stereocenters. The third kappa shape index (κ3) is 6.18. The smallest absolute Gasteiger partial charge is 0.273 e. The van der Waals surface area contributed by atoms with Crippen molar-refractivity contribution in [1.82, 2.24) is 10.9 Å². The van der Waals surface area contributed by atoms with E-state index in [1.54, 1.807) is 24.3 Å². The van der Waals surface area contributed by atoms with Crippen LogP contribution < -0.4 is 20.3 Å². The summed E-state index contributed by atoms with van der Waals surface area (Å²) in [5.41, 5.74) is 5.12. The first-order valence-corrected chi connectivity index (χ1v) is 8.19. The van der Waals surface area contributed by atoms with Gasteiger partial charge < -0.3 is 9.47 Å². The highest BCUT2D eigenvalue weighted by Gasteiger charge is 2.12. The van der Waals surface area contributed by atoms with Crippen LogP contribution in [0.1, 0.15) is 30.1 Å². The molecule has 6 nitrogen and oxygen atoms in total. The largest absolute Gasteiger partial charge is 0.490 e. The summed E-state index contributed by atoms with van der Waals surface area (Å²) in [4.78, 5) is 23.6. The summed E-state index contributed by atoms with van der Waals surface area (Å²) in [6, 6.07) is 16.3. The Kier molecular flexibility index (Phi) is 7.31. The highest BCUT2D eigenvalue weighted by molar-refractivity contribution is 5.97. The maximum atomic E-state index is 12.2. The molecule has 25 heavy (non-hydrogen) atoms. The zero-order valence-corrected chi connectivity index (χ0v) is 14.2. The molecule has 2 amide bonds. The molecule has 0 spiro atoms. The lowest BCUT2D eigenvalue weighted by Gasteiger charge is -2.12. The Bertz CT molecular complexity index is 689. The first-order chi connectivity index (χ1) is 12.2. The average Bonchev–Trinajstić information content (AvgIpc) is 2.65. The van der Waals surface area contributed by atoms with Crippen LogP contribution in [0, 0.1) is 0 Å². The number of hydrogen-bond acceptors (Lipinski definition) is 4. The highest BCUT2D eigenvalue weighted by atomic mass is 16.5. The molecule has 0 unspecified atom stereocenters. The molecule has 0 radical (unpaired) electrons. The number of amides is 2. The summed E-state index contributed by atoms with van der Waals surface area (Å²) in [5.74, 6) is 0.534. The monoisotopic (exact) mass is 342 g/mol. The molecule has 0 saturated heterocycles. The zero-order chi connectivity index (χ0) is 17.9. The lowest BCUT2D eigenvalue weighted by molar-refractivity contribution is -0.121. The van der Waals surface area contributed by atoms with Gasteiger partial charge in [-0.25, -0.2) is 0 Å². The Morgan fingerprint density at radius 2 is 1.56 bits per heavy atom. The molecule has 0 aliphatic heterocycles. The second-order valence-corrected chi connectivity index (χ2v) is 5.26. The number of ether oxygens (including phenoxy) is 2. The van der Waals surface area contributed by atoms with Crippen molar-refractivity contribution in [2.24, 2.45) is 0 Å². The molecule has 2 aromatic carbocycles. The van der Waals surface area contributed by atoms with Gasteiger partial charge >= 0.3 is 0 Å². The first-order valence-electron chi connectivity index (χ1n) is 8.19. The Balaban J connectivity index is 1.84. The molecule has 0 bridgehead atoms. The number of benzene rings is 2. The van der Waals surface area contributed by atoms with E-state index in [0.29, 0.717) is 37.4 Å². The van der Waals surface area contributed by atoms with Crippen molar-refractivity contribution in [2.45, 2.75) is 19.8 Å². The van der Waals surface area contributed by atoms with E-state index in [9.17, 15) is 9.59 Å². The molecule has 6 heteroatoms. The lowest BCUT2D eigenvalue weighted by Crippen LogP contribution is -2.41. The van der Waals surface area contributed by atoms with Gasteiger partial charge in [0.05, 0.1) is 5.56 Å². The molecule has 2 rings (SSSR count). The fourth-order valence-electron chi connectivity index (χ4n) is 2.09. The Morgan fingerprint density at radius 3 is 2.32 bits per heavy atom. The van der Waals surface area contributed by atoms with Gasteiger partial charge in [0.2, 0.25) is 5.91 Å². The van der Waals surface area contributed by atoms with Crippen LogP contribution in [0.5, 0.6) is 11.5 Å². The Morgan fingerprint density at radius 1 is 0.880 bits per heavy atom. The fraction of sp³-hybridized carbons (Fsp3) is 0.263. The Hall–Kier alpha value is -3.02. The van der Waals surface area contributed by atoms with Crippen LogP contribution >= 0.6 is 0 Å². The van der Waals surface area contributed by atoms with Gasteiger partial charge in [-0.05, 0) is 30.7 Å². The van der Waals surface area contributed by atoms with Crippen molar-refractivity contribution in [3.8, 4) is 11.5 Å². The number of rotatable bonds is 8. The number of nitrogens with one attached hydrogen (secondary N) is 2. The normalized spacial score (nSPS) is 9.96. The van der Waals surface area contributed by atoms with Crippen LogP contribution in [0.3, 0.4) is 0 Å². The summed E-state index contributed by atoms with van der Waals surface area (Å²) in [6.45, 7) is 2.54. The van der Waals surface area contributed by atoms with Gasteiger partial charge in [0.15, 0.2) is 0 Å². The van der Waals surface area contributed by atoms with Gasteiger partial charge in [-0.2, -0.15) is 0 Å². The topological polar surface area (TPSA) is 76.7 Å². The van der Waals surface area contributed by atoms with Gasteiger partial charge in [-0.15, -0.1) is 0 Å². The third-order valence-electron chi connectivity index (χ3n) is 3.28. The summed E-state index contributed by atoms with van der Waals surface area (Å²) in [6.07, 6.45) is 1.07. The Labute approximate surface area is 147 Å². The van der Waals surface area contributed by atoms with Gasteiger partial charge in [-0.3, -0.25) is 20.4 Å². The molecule has 2 aromatic rings. The molecule has 0 heterocycles. The highest BCUT2D eigenvalue weighted by Crippen LogP contribution is 2.17.